The standard InChI is InChI=1S/C29H33N3O2/c1-22-19-23(2)21-25(20-22)34-18-17-32-27-12-7-6-11-26(27)31-28(32)13-8-16-30-29(33)15-14-24-9-4-3-5-10-24/h3-7,9-12,19-21H,8,13-18H2,1-2H3,(H,30,33). The molecule has 0 aliphatic heterocycles. The quantitative estimate of drug-likeness (QED) is 0.308. The van der Waals surface area contributed by atoms with Crippen LogP contribution in [0.5, 0.6) is 5.75 Å². The van der Waals surface area contributed by atoms with Crippen molar-refractivity contribution in [2.75, 3.05) is 13.2 Å². The third-order valence-electron chi connectivity index (χ3n) is 5.90. The lowest BCUT2D eigenvalue weighted by Crippen LogP contribution is -2.25. The maximum Gasteiger partial charge on any atom is 0.220 e. The van der Waals surface area contributed by atoms with Gasteiger partial charge in [-0.1, -0.05) is 48.5 Å². The van der Waals surface area contributed by atoms with E-state index in [9.17, 15) is 4.79 Å². The van der Waals surface area contributed by atoms with Gasteiger partial charge in [-0.25, -0.2) is 4.98 Å². The van der Waals surface area contributed by atoms with Crippen LogP contribution in [0.4, 0.5) is 0 Å². The average Bonchev–Trinajstić information content (AvgIpc) is 3.18. The van der Waals surface area contributed by atoms with E-state index >= 15 is 0 Å². The van der Waals surface area contributed by atoms with Crippen LogP contribution in [-0.2, 0) is 24.2 Å². The molecule has 1 aromatic heterocycles. The number of fused-ring (bicyclic) bond motifs is 1. The SMILES string of the molecule is Cc1cc(C)cc(OCCn2c(CCCNC(=O)CCc3ccccc3)nc3ccccc32)c1. The molecule has 1 N–H and O–H groups in total. The van der Waals surface area contributed by atoms with Gasteiger partial charge in [-0.15, -0.1) is 0 Å². The Labute approximate surface area is 201 Å². The summed E-state index contributed by atoms with van der Waals surface area (Å²) in [6.07, 6.45) is 2.93. The highest BCUT2D eigenvalue weighted by molar-refractivity contribution is 5.76. The number of carbonyl (C=O) groups excluding carboxylic acids is 1. The third-order valence-corrected chi connectivity index (χ3v) is 5.90. The van der Waals surface area contributed by atoms with E-state index in [0.29, 0.717) is 19.6 Å². The molecule has 34 heavy (non-hydrogen) atoms. The Balaban J connectivity index is 1.30. The van der Waals surface area contributed by atoms with Crippen molar-refractivity contribution in [3.8, 4) is 5.75 Å². The molecular formula is C29H33N3O2. The first-order valence-corrected chi connectivity index (χ1v) is 12.0. The van der Waals surface area contributed by atoms with Crippen LogP contribution < -0.4 is 10.1 Å². The van der Waals surface area contributed by atoms with Crippen LogP contribution in [0.25, 0.3) is 11.0 Å². The molecule has 4 rings (SSSR count). The molecule has 0 bridgehead atoms. The van der Waals surface area contributed by atoms with Gasteiger partial charge in [-0.3, -0.25) is 4.79 Å². The molecule has 0 aliphatic rings. The van der Waals surface area contributed by atoms with Crippen LogP contribution >= 0.6 is 0 Å². The van der Waals surface area contributed by atoms with E-state index in [0.717, 1.165) is 48.4 Å². The Bertz CT molecular complexity index is 1210. The number of aromatic nitrogens is 2. The van der Waals surface area contributed by atoms with Gasteiger partial charge in [-0.2, -0.15) is 0 Å². The molecule has 0 radical (unpaired) electrons. The first-order valence-electron chi connectivity index (χ1n) is 12.0. The molecule has 1 amide bonds. The largest absolute Gasteiger partial charge is 0.492 e. The normalized spacial score (nSPS) is 11.0. The van der Waals surface area contributed by atoms with E-state index in [1.165, 1.54) is 16.7 Å². The molecule has 0 spiro atoms. The smallest absolute Gasteiger partial charge is 0.220 e. The highest BCUT2D eigenvalue weighted by Gasteiger charge is 2.11. The number of para-hydroxylation sites is 2. The molecule has 1 heterocycles. The van der Waals surface area contributed by atoms with E-state index < -0.39 is 0 Å². The van der Waals surface area contributed by atoms with Crippen molar-refractivity contribution in [2.45, 2.75) is 46.1 Å². The molecule has 0 aliphatic carbocycles. The number of rotatable bonds is 11. The predicted octanol–water partition coefficient (Wildman–Crippen LogP) is 5.41. The molecular weight excluding hydrogens is 422 g/mol. The van der Waals surface area contributed by atoms with Gasteiger partial charge in [-0.05, 0) is 67.6 Å². The summed E-state index contributed by atoms with van der Waals surface area (Å²) in [7, 11) is 0. The summed E-state index contributed by atoms with van der Waals surface area (Å²) in [5.74, 6) is 2.03. The lowest BCUT2D eigenvalue weighted by molar-refractivity contribution is -0.121. The molecule has 0 saturated carbocycles. The average molecular weight is 456 g/mol. The van der Waals surface area contributed by atoms with Crippen molar-refractivity contribution >= 4 is 16.9 Å². The molecule has 0 fully saturated rings. The summed E-state index contributed by atoms with van der Waals surface area (Å²) in [5, 5.41) is 3.05. The van der Waals surface area contributed by atoms with Crippen molar-refractivity contribution in [1.29, 1.82) is 0 Å². The number of amides is 1. The van der Waals surface area contributed by atoms with Crippen molar-refractivity contribution in [3.63, 3.8) is 0 Å². The van der Waals surface area contributed by atoms with Gasteiger partial charge >= 0.3 is 0 Å². The van der Waals surface area contributed by atoms with Crippen LogP contribution in [-0.4, -0.2) is 28.6 Å². The van der Waals surface area contributed by atoms with Gasteiger partial charge in [0.2, 0.25) is 5.91 Å². The van der Waals surface area contributed by atoms with Gasteiger partial charge in [0.15, 0.2) is 0 Å². The molecule has 0 unspecified atom stereocenters. The topological polar surface area (TPSA) is 56.1 Å². The van der Waals surface area contributed by atoms with E-state index in [1.807, 2.05) is 36.4 Å². The Morgan fingerprint density at radius 1 is 0.941 bits per heavy atom. The Hall–Kier alpha value is -3.60. The minimum atomic E-state index is 0.0965. The zero-order valence-electron chi connectivity index (χ0n) is 20.1. The van der Waals surface area contributed by atoms with Gasteiger partial charge < -0.3 is 14.6 Å². The van der Waals surface area contributed by atoms with Gasteiger partial charge in [0.05, 0.1) is 17.6 Å². The van der Waals surface area contributed by atoms with E-state index in [-0.39, 0.29) is 5.91 Å². The lowest BCUT2D eigenvalue weighted by atomic mass is 10.1. The van der Waals surface area contributed by atoms with E-state index in [1.54, 1.807) is 0 Å². The first-order chi connectivity index (χ1) is 16.6. The van der Waals surface area contributed by atoms with Crippen molar-refractivity contribution < 1.29 is 9.53 Å². The summed E-state index contributed by atoms with van der Waals surface area (Å²) < 4.78 is 8.31. The van der Waals surface area contributed by atoms with Crippen molar-refractivity contribution in [2.24, 2.45) is 0 Å². The number of nitrogens with zero attached hydrogens (tertiary/aromatic N) is 2. The summed E-state index contributed by atoms with van der Waals surface area (Å²) in [5.41, 5.74) is 5.71. The molecule has 4 aromatic rings. The first kappa shape index (κ1) is 23.6. The number of aryl methyl sites for hydroxylation is 4. The van der Waals surface area contributed by atoms with Gasteiger partial charge in [0, 0.05) is 19.4 Å². The van der Waals surface area contributed by atoms with Crippen LogP contribution in [0, 0.1) is 13.8 Å². The molecule has 3 aromatic carbocycles. The number of hydrogen-bond acceptors (Lipinski definition) is 3. The zero-order chi connectivity index (χ0) is 23.8. The summed E-state index contributed by atoms with van der Waals surface area (Å²) in [4.78, 5) is 17.1. The third kappa shape index (κ3) is 6.47. The van der Waals surface area contributed by atoms with Crippen molar-refractivity contribution in [3.05, 3.63) is 95.3 Å². The van der Waals surface area contributed by atoms with Crippen LogP contribution in [0.15, 0.2) is 72.8 Å². The second-order valence-corrected chi connectivity index (χ2v) is 8.78. The highest BCUT2D eigenvalue weighted by atomic mass is 16.5. The maximum atomic E-state index is 12.2. The molecule has 0 saturated heterocycles. The number of carbonyl (C=O) groups is 1. The number of nitrogens with one attached hydrogen (secondary N) is 1. The zero-order valence-corrected chi connectivity index (χ0v) is 20.1. The highest BCUT2D eigenvalue weighted by Crippen LogP contribution is 2.19. The van der Waals surface area contributed by atoms with Gasteiger partial charge in [0.25, 0.3) is 0 Å². The minimum Gasteiger partial charge on any atom is -0.492 e. The number of benzene rings is 3. The second-order valence-electron chi connectivity index (χ2n) is 8.78. The summed E-state index contributed by atoms with van der Waals surface area (Å²) in [6.45, 7) is 6.12. The Morgan fingerprint density at radius 2 is 1.68 bits per heavy atom. The van der Waals surface area contributed by atoms with Crippen LogP contribution in [0.1, 0.15) is 35.4 Å². The fraction of sp³-hybridized carbons (Fsp3) is 0.310. The molecule has 0 atom stereocenters. The molecule has 176 valence electrons. The predicted molar refractivity (Wildman–Crippen MR) is 137 cm³/mol. The second kappa shape index (κ2) is 11.5. The maximum absolute atomic E-state index is 12.2. The summed E-state index contributed by atoms with van der Waals surface area (Å²) >= 11 is 0. The fourth-order valence-electron chi connectivity index (χ4n) is 4.30. The number of ether oxygens (including phenoxy) is 1. The monoisotopic (exact) mass is 455 g/mol. The van der Waals surface area contributed by atoms with Gasteiger partial charge in [0.1, 0.15) is 18.2 Å². The number of imidazole rings is 1. The Kier molecular flexibility index (Phi) is 7.97. The lowest BCUT2D eigenvalue weighted by Gasteiger charge is -2.12. The summed E-state index contributed by atoms with van der Waals surface area (Å²) in [6, 6.07) is 24.6. The minimum absolute atomic E-state index is 0.0965. The van der Waals surface area contributed by atoms with E-state index in [4.69, 9.17) is 9.72 Å². The molecule has 5 nitrogen and oxygen atoms in total. The van der Waals surface area contributed by atoms with Crippen LogP contribution in [0.2, 0.25) is 0 Å². The fourth-order valence-corrected chi connectivity index (χ4v) is 4.30. The van der Waals surface area contributed by atoms with Crippen molar-refractivity contribution in [1.82, 2.24) is 14.9 Å². The Morgan fingerprint density at radius 3 is 2.47 bits per heavy atom. The van der Waals surface area contributed by atoms with E-state index in [2.05, 4.69) is 60.1 Å². The number of hydrogen-bond donors (Lipinski definition) is 1. The molecule has 5 heteroatoms. The van der Waals surface area contributed by atoms with Crippen LogP contribution in [0.3, 0.4) is 0 Å².